The van der Waals surface area contributed by atoms with Gasteiger partial charge < -0.3 is 0 Å². The van der Waals surface area contributed by atoms with E-state index in [1.54, 1.807) is 54.6 Å². The summed E-state index contributed by atoms with van der Waals surface area (Å²) in [4.78, 5) is 0.137. The predicted octanol–water partition coefficient (Wildman–Crippen LogP) is 1.63. The van der Waals surface area contributed by atoms with Crippen LogP contribution in [-0.2, 0) is 30.1 Å². The summed E-state index contributed by atoms with van der Waals surface area (Å²) in [5.41, 5.74) is 0. The molecule has 0 radical (unpaired) electrons. The van der Waals surface area contributed by atoms with Gasteiger partial charge in [0.05, 0.1) is 14.7 Å². The Morgan fingerprint density at radius 2 is 0.824 bits per heavy atom. The molecule has 2 N–H and O–H groups in total. The van der Waals surface area contributed by atoms with Gasteiger partial charge in [0.15, 0.2) is 0 Å². The lowest BCUT2D eigenvalue weighted by molar-refractivity contribution is 0.415. The van der Waals surface area contributed by atoms with Crippen LogP contribution in [0.3, 0.4) is 0 Å². The highest BCUT2D eigenvalue weighted by Gasteiger charge is 2.25. The van der Waals surface area contributed by atoms with Crippen LogP contribution in [0.5, 0.6) is 0 Å². The van der Waals surface area contributed by atoms with E-state index in [2.05, 4.69) is 9.44 Å². The molecule has 0 saturated heterocycles. The maximum atomic E-state index is 13.2. The van der Waals surface area contributed by atoms with Crippen LogP contribution in [0.25, 0.3) is 0 Å². The highest BCUT2D eigenvalue weighted by molar-refractivity contribution is 7.90. The van der Waals surface area contributed by atoms with E-state index in [1.165, 1.54) is 36.4 Å². The van der Waals surface area contributed by atoms with E-state index < -0.39 is 30.1 Å². The minimum atomic E-state index is -4.00. The van der Waals surface area contributed by atoms with Gasteiger partial charge in [0.25, 0.3) is 0 Å². The molecule has 0 aliphatic carbocycles. The van der Waals surface area contributed by atoms with Crippen LogP contribution in [0.15, 0.2) is 106 Å². The lowest BCUT2D eigenvalue weighted by Gasteiger charge is -2.22. The molecule has 0 fully saturated rings. The highest BCUT2D eigenvalue weighted by Crippen LogP contribution is 2.15. The Bertz CT molecular complexity index is 1310. The maximum absolute atomic E-state index is 13.2. The molecule has 0 spiro atoms. The highest BCUT2D eigenvalue weighted by atomic mass is 32.2. The zero-order chi connectivity index (χ0) is 24.7. The molecular formula is C22H25N3O6S3. The second-order valence-corrected chi connectivity index (χ2v) is 12.6. The first-order valence-corrected chi connectivity index (χ1v) is 14.7. The molecule has 0 bridgehead atoms. The van der Waals surface area contributed by atoms with Crippen molar-refractivity contribution in [3.8, 4) is 0 Å². The topological polar surface area (TPSA) is 130 Å². The lowest BCUT2D eigenvalue weighted by Crippen LogP contribution is -2.42. The summed E-state index contributed by atoms with van der Waals surface area (Å²) in [6.45, 7) is -0.795. The number of hydrogen-bond donors (Lipinski definition) is 2. The molecule has 0 amide bonds. The molecule has 0 aromatic heterocycles. The first-order chi connectivity index (χ1) is 16.1. The fourth-order valence-corrected chi connectivity index (χ4v) is 6.62. The minimum Gasteiger partial charge on any atom is -0.210 e. The second kappa shape index (κ2) is 11.2. The van der Waals surface area contributed by atoms with Crippen LogP contribution in [0.2, 0.25) is 0 Å². The maximum Gasteiger partial charge on any atom is 0.243 e. The Morgan fingerprint density at radius 1 is 0.500 bits per heavy atom. The number of benzene rings is 3. The number of rotatable bonds is 12. The molecule has 12 heteroatoms. The number of nitrogens with zero attached hydrogens (tertiary/aromatic N) is 1. The van der Waals surface area contributed by atoms with E-state index in [1.807, 2.05) is 0 Å². The van der Waals surface area contributed by atoms with Crippen LogP contribution in [0.4, 0.5) is 0 Å². The third kappa shape index (κ3) is 6.72. The molecule has 0 aliphatic rings. The van der Waals surface area contributed by atoms with Crippen molar-refractivity contribution in [1.82, 2.24) is 13.7 Å². The molecule has 0 atom stereocenters. The van der Waals surface area contributed by atoms with Crippen molar-refractivity contribution in [2.24, 2.45) is 0 Å². The summed E-state index contributed by atoms with van der Waals surface area (Å²) in [7, 11) is -11.7. The summed E-state index contributed by atoms with van der Waals surface area (Å²) < 4.78 is 82.0. The van der Waals surface area contributed by atoms with E-state index in [0.717, 1.165) is 4.31 Å². The van der Waals surface area contributed by atoms with Gasteiger partial charge in [-0.05, 0) is 36.4 Å². The standard InChI is InChI=1S/C22H25N3O6S3/c26-32(27,20-10-4-1-5-11-20)23-16-18-25(34(30,31)22-14-8-3-9-15-22)19-17-24-33(28,29)21-12-6-2-7-13-21/h1-15,23-24H,16-19H2. The van der Waals surface area contributed by atoms with Gasteiger partial charge in [0.2, 0.25) is 30.1 Å². The smallest absolute Gasteiger partial charge is 0.210 e. The summed E-state index contributed by atoms with van der Waals surface area (Å²) in [6, 6.07) is 23.1. The van der Waals surface area contributed by atoms with Gasteiger partial charge in [0.1, 0.15) is 0 Å². The fraction of sp³-hybridized carbons (Fsp3) is 0.182. The minimum absolute atomic E-state index is 0.0202. The van der Waals surface area contributed by atoms with Gasteiger partial charge in [-0.2, -0.15) is 4.31 Å². The van der Waals surface area contributed by atoms with Crippen molar-refractivity contribution in [3.05, 3.63) is 91.0 Å². The van der Waals surface area contributed by atoms with Gasteiger partial charge in [0, 0.05) is 26.2 Å². The van der Waals surface area contributed by atoms with Gasteiger partial charge in [-0.3, -0.25) is 0 Å². The second-order valence-electron chi connectivity index (χ2n) is 7.14. The summed E-state index contributed by atoms with van der Waals surface area (Å²) in [6.07, 6.45) is 0. The Morgan fingerprint density at radius 3 is 1.18 bits per heavy atom. The van der Waals surface area contributed by atoms with E-state index in [-0.39, 0.29) is 40.9 Å². The Balaban J connectivity index is 1.72. The van der Waals surface area contributed by atoms with Crippen LogP contribution >= 0.6 is 0 Å². The zero-order valence-corrected chi connectivity index (χ0v) is 20.6. The Kier molecular flexibility index (Phi) is 8.57. The monoisotopic (exact) mass is 523 g/mol. The van der Waals surface area contributed by atoms with Gasteiger partial charge in [-0.15, -0.1) is 0 Å². The van der Waals surface area contributed by atoms with Crippen molar-refractivity contribution < 1.29 is 25.3 Å². The third-order valence-corrected chi connectivity index (χ3v) is 9.66. The molecule has 9 nitrogen and oxygen atoms in total. The molecule has 3 aromatic rings. The normalized spacial score (nSPS) is 12.6. The largest absolute Gasteiger partial charge is 0.243 e. The first-order valence-electron chi connectivity index (χ1n) is 10.3. The summed E-state index contributed by atoms with van der Waals surface area (Å²) >= 11 is 0. The first kappa shape index (κ1) is 26.0. The predicted molar refractivity (Wildman–Crippen MR) is 128 cm³/mol. The molecular weight excluding hydrogens is 498 g/mol. The lowest BCUT2D eigenvalue weighted by atomic mass is 10.4. The van der Waals surface area contributed by atoms with E-state index in [9.17, 15) is 25.3 Å². The quantitative estimate of drug-likeness (QED) is 0.371. The van der Waals surface area contributed by atoms with Crippen LogP contribution in [-0.4, -0.2) is 55.7 Å². The molecule has 0 unspecified atom stereocenters. The van der Waals surface area contributed by atoms with Crippen LogP contribution in [0.1, 0.15) is 0 Å². The molecule has 0 saturated carbocycles. The molecule has 3 rings (SSSR count). The summed E-state index contributed by atoms with van der Waals surface area (Å²) in [5, 5.41) is 0. The van der Waals surface area contributed by atoms with Crippen molar-refractivity contribution in [3.63, 3.8) is 0 Å². The van der Waals surface area contributed by atoms with E-state index in [4.69, 9.17) is 0 Å². The Labute approximate surface area is 200 Å². The molecule has 182 valence electrons. The van der Waals surface area contributed by atoms with Gasteiger partial charge >= 0.3 is 0 Å². The van der Waals surface area contributed by atoms with Crippen molar-refractivity contribution in [1.29, 1.82) is 0 Å². The zero-order valence-electron chi connectivity index (χ0n) is 18.1. The van der Waals surface area contributed by atoms with Crippen LogP contribution < -0.4 is 9.44 Å². The van der Waals surface area contributed by atoms with Crippen molar-refractivity contribution in [2.75, 3.05) is 26.2 Å². The van der Waals surface area contributed by atoms with E-state index in [0.29, 0.717) is 0 Å². The number of nitrogens with one attached hydrogen (secondary N) is 2. The average Bonchev–Trinajstić information content (AvgIpc) is 2.84. The fourth-order valence-electron chi connectivity index (χ4n) is 3.07. The van der Waals surface area contributed by atoms with Crippen molar-refractivity contribution >= 4 is 30.1 Å². The molecule has 0 heterocycles. The average molecular weight is 524 g/mol. The third-order valence-electron chi connectivity index (χ3n) is 4.79. The van der Waals surface area contributed by atoms with Crippen LogP contribution in [0, 0.1) is 0 Å². The van der Waals surface area contributed by atoms with Gasteiger partial charge in [-0.1, -0.05) is 54.6 Å². The number of sulfonamides is 3. The van der Waals surface area contributed by atoms with E-state index >= 15 is 0 Å². The SMILES string of the molecule is O=S(=O)(NCCN(CCNS(=O)(=O)c1ccccc1)S(=O)(=O)c1ccccc1)c1ccccc1. The molecule has 3 aromatic carbocycles. The summed E-state index contributed by atoms with van der Waals surface area (Å²) in [5.74, 6) is 0. The van der Waals surface area contributed by atoms with Gasteiger partial charge in [-0.25, -0.2) is 34.7 Å². The Hall–Kier alpha value is -2.61. The van der Waals surface area contributed by atoms with Crippen molar-refractivity contribution in [2.45, 2.75) is 14.7 Å². The molecule has 34 heavy (non-hydrogen) atoms. The molecule has 0 aliphatic heterocycles. The number of hydrogen-bond acceptors (Lipinski definition) is 6.